The molecule has 0 aliphatic carbocycles. The molecular weight excluding hydrogens is 418 g/mol. The molecule has 1 saturated heterocycles. The summed E-state index contributed by atoms with van der Waals surface area (Å²) < 4.78 is 2.27. The predicted octanol–water partition coefficient (Wildman–Crippen LogP) is 6.94. The molecule has 1 aromatic heterocycles. The van der Waals surface area contributed by atoms with Gasteiger partial charge >= 0.3 is 0 Å². The Kier molecular flexibility index (Phi) is 5.76. The first kappa shape index (κ1) is 22.4. The third kappa shape index (κ3) is 3.81. The maximum atomic E-state index is 14.0. The molecule has 0 spiro atoms. The fourth-order valence-corrected chi connectivity index (χ4v) is 5.51. The summed E-state index contributed by atoms with van der Waals surface area (Å²) in [7, 11) is 0. The smallest absolute Gasteiger partial charge is 0.255 e. The van der Waals surface area contributed by atoms with Crippen LogP contribution in [0.25, 0.3) is 16.7 Å². The molecule has 1 atom stereocenters. The minimum Gasteiger partial charge on any atom is -0.328 e. The van der Waals surface area contributed by atoms with E-state index in [4.69, 9.17) is 4.98 Å². The highest BCUT2D eigenvalue weighted by Crippen LogP contribution is 2.36. The Balaban J connectivity index is 1.66. The van der Waals surface area contributed by atoms with Gasteiger partial charge in [-0.3, -0.25) is 9.36 Å². The summed E-state index contributed by atoms with van der Waals surface area (Å²) >= 11 is 0. The summed E-state index contributed by atoms with van der Waals surface area (Å²) in [6.07, 6.45) is 3.04. The molecule has 34 heavy (non-hydrogen) atoms. The first-order chi connectivity index (χ1) is 16.3. The van der Waals surface area contributed by atoms with Crippen LogP contribution in [0.1, 0.15) is 69.3 Å². The summed E-state index contributed by atoms with van der Waals surface area (Å²) in [4.78, 5) is 21.2. The number of fused-ring (bicyclic) bond motifs is 1. The Morgan fingerprint density at radius 1 is 0.853 bits per heavy atom. The predicted molar refractivity (Wildman–Crippen MR) is 139 cm³/mol. The lowest BCUT2D eigenvalue weighted by molar-refractivity contribution is 0.0597. The summed E-state index contributed by atoms with van der Waals surface area (Å²) in [6.45, 7) is 11.2. The van der Waals surface area contributed by atoms with Gasteiger partial charge in [-0.25, -0.2) is 4.98 Å². The second kappa shape index (κ2) is 8.75. The van der Waals surface area contributed by atoms with Gasteiger partial charge in [0.05, 0.1) is 17.1 Å². The number of likely N-dealkylation sites (tertiary alicyclic amines) is 1. The van der Waals surface area contributed by atoms with Crippen LogP contribution in [0.5, 0.6) is 0 Å². The van der Waals surface area contributed by atoms with Gasteiger partial charge in [-0.05, 0) is 100 Å². The molecule has 1 fully saturated rings. The lowest BCUT2D eigenvalue weighted by atomic mass is 9.95. The van der Waals surface area contributed by atoms with Crippen molar-refractivity contribution >= 4 is 16.9 Å². The van der Waals surface area contributed by atoms with Gasteiger partial charge in [-0.1, -0.05) is 35.9 Å². The molecule has 5 rings (SSSR count). The van der Waals surface area contributed by atoms with Crippen LogP contribution in [-0.2, 0) is 0 Å². The van der Waals surface area contributed by atoms with Crippen molar-refractivity contribution in [2.45, 2.75) is 59.9 Å². The van der Waals surface area contributed by atoms with Gasteiger partial charge in [0.1, 0.15) is 5.82 Å². The monoisotopic (exact) mass is 451 g/mol. The van der Waals surface area contributed by atoms with E-state index in [1.165, 1.54) is 16.7 Å². The van der Waals surface area contributed by atoms with E-state index in [1.807, 2.05) is 6.07 Å². The van der Waals surface area contributed by atoms with Gasteiger partial charge in [0.25, 0.3) is 5.91 Å². The Bertz CT molecular complexity index is 1370. The van der Waals surface area contributed by atoms with E-state index in [2.05, 4.69) is 92.6 Å². The lowest BCUT2D eigenvalue weighted by Gasteiger charge is -2.36. The zero-order valence-electron chi connectivity index (χ0n) is 20.9. The number of aryl methyl sites for hydroxylation is 5. The highest BCUT2D eigenvalue weighted by atomic mass is 16.2. The molecular formula is C30H33N3O. The van der Waals surface area contributed by atoms with Crippen molar-refractivity contribution in [1.29, 1.82) is 0 Å². The lowest BCUT2D eigenvalue weighted by Crippen LogP contribution is -2.40. The molecule has 2 heterocycles. The van der Waals surface area contributed by atoms with Gasteiger partial charge in [-0.2, -0.15) is 0 Å². The number of nitrogens with zero attached hydrogens (tertiary/aromatic N) is 3. The van der Waals surface area contributed by atoms with Crippen molar-refractivity contribution in [3.63, 3.8) is 0 Å². The average Bonchev–Trinajstić information content (AvgIpc) is 3.19. The Hall–Kier alpha value is -3.40. The third-order valence-corrected chi connectivity index (χ3v) is 7.29. The van der Waals surface area contributed by atoms with E-state index in [-0.39, 0.29) is 11.9 Å². The number of carbonyl (C=O) groups is 1. The maximum absolute atomic E-state index is 14.0. The van der Waals surface area contributed by atoms with Crippen LogP contribution in [0.3, 0.4) is 0 Å². The molecule has 1 aliphatic rings. The molecule has 1 unspecified atom stereocenters. The van der Waals surface area contributed by atoms with Crippen LogP contribution in [0.2, 0.25) is 0 Å². The van der Waals surface area contributed by atoms with Crippen LogP contribution >= 0.6 is 0 Å². The summed E-state index contributed by atoms with van der Waals surface area (Å²) in [6, 6.07) is 19.0. The van der Waals surface area contributed by atoms with Gasteiger partial charge < -0.3 is 4.90 Å². The van der Waals surface area contributed by atoms with Crippen molar-refractivity contribution < 1.29 is 4.79 Å². The number of piperidine rings is 1. The highest BCUT2D eigenvalue weighted by Gasteiger charge is 2.34. The Morgan fingerprint density at radius 3 is 2.32 bits per heavy atom. The van der Waals surface area contributed by atoms with Crippen molar-refractivity contribution in [3.05, 3.63) is 93.8 Å². The average molecular weight is 452 g/mol. The van der Waals surface area contributed by atoms with E-state index in [0.717, 1.165) is 65.0 Å². The maximum Gasteiger partial charge on any atom is 0.255 e. The topological polar surface area (TPSA) is 38.1 Å². The number of hydrogen-bond donors (Lipinski definition) is 0. The molecule has 174 valence electrons. The zero-order valence-corrected chi connectivity index (χ0v) is 20.9. The highest BCUT2D eigenvalue weighted by molar-refractivity contribution is 5.97. The molecule has 0 N–H and O–H groups in total. The number of carbonyl (C=O) groups excluding carboxylic acids is 1. The first-order valence-corrected chi connectivity index (χ1v) is 12.3. The number of benzene rings is 3. The molecule has 0 saturated carbocycles. The summed E-state index contributed by atoms with van der Waals surface area (Å²) in [5, 5.41) is 0. The van der Waals surface area contributed by atoms with E-state index >= 15 is 0 Å². The van der Waals surface area contributed by atoms with Crippen molar-refractivity contribution in [2.75, 3.05) is 6.54 Å². The van der Waals surface area contributed by atoms with Crippen LogP contribution in [0, 0.1) is 34.6 Å². The van der Waals surface area contributed by atoms with E-state index in [0.29, 0.717) is 0 Å². The SMILES string of the molecule is Cc1cc(C)c(C(=O)N2CCCCC2c2nc3ccccc3n2-c2ccc(C)c(C)c2)c(C)c1. The molecule has 4 nitrogen and oxygen atoms in total. The zero-order chi connectivity index (χ0) is 24.0. The first-order valence-electron chi connectivity index (χ1n) is 12.3. The van der Waals surface area contributed by atoms with Crippen LogP contribution in [-0.4, -0.2) is 26.9 Å². The second-order valence-corrected chi connectivity index (χ2v) is 9.85. The molecule has 3 aromatic carbocycles. The number of hydrogen-bond acceptors (Lipinski definition) is 2. The molecule has 1 aliphatic heterocycles. The molecule has 0 radical (unpaired) electrons. The number of rotatable bonds is 3. The second-order valence-electron chi connectivity index (χ2n) is 9.85. The van der Waals surface area contributed by atoms with Crippen LogP contribution < -0.4 is 0 Å². The summed E-state index contributed by atoms with van der Waals surface area (Å²) in [5.74, 6) is 1.08. The Morgan fingerprint density at radius 2 is 1.59 bits per heavy atom. The Labute approximate surface area is 202 Å². The van der Waals surface area contributed by atoms with Crippen LogP contribution in [0.15, 0.2) is 54.6 Å². The summed E-state index contributed by atoms with van der Waals surface area (Å²) in [5.41, 5.74) is 9.82. The molecule has 4 aromatic rings. The number of imidazole rings is 1. The van der Waals surface area contributed by atoms with Gasteiger partial charge in [0.2, 0.25) is 0 Å². The molecule has 4 heteroatoms. The standard InChI is InChI=1S/C30H33N3O/c1-19-16-22(4)28(23(5)17-19)30(34)32-15-9-8-12-27(32)29-31-25-10-6-7-11-26(25)33(29)24-14-13-20(2)21(3)18-24/h6-7,10-11,13-14,16-18,27H,8-9,12,15H2,1-5H3. The third-order valence-electron chi connectivity index (χ3n) is 7.29. The van der Waals surface area contributed by atoms with E-state index < -0.39 is 0 Å². The van der Waals surface area contributed by atoms with Crippen molar-refractivity contribution in [2.24, 2.45) is 0 Å². The minimum atomic E-state index is -0.0598. The fourth-order valence-electron chi connectivity index (χ4n) is 5.51. The number of aromatic nitrogens is 2. The van der Waals surface area contributed by atoms with Crippen molar-refractivity contribution in [1.82, 2.24) is 14.5 Å². The molecule has 1 amide bonds. The van der Waals surface area contributed by atoms with Gasteiger partial charge in [-0.15, -0.1) is 0 Å². The number of para-hydroxylation sites is 2. The van der Waals surface area contributed by atoms with E-state index in [9.17, 15) is 4.79 Å². The van der Waals surface area contributed by atoms with Gasteiger partial charge in [0.15, 0.2) is 0 Å². The van der Waals surface area contributed by atoms with Crippen LogP contribution in [0.4, 0.5) is 0 Å². The molecule has 0 bridgehead atoms. The van der Waals surface area contributed by atoms with Crippen molar-refractivity contribution in [3.8, 4) is 5.69 Å². The largest absolute Gasteiger partial charge is 0.328 e. The van der Waals surface area contributed by atoms with E-state index in [1.54, 1.807) is 0 Å². The fraction of sp³-hybridized carbons (Fsp3) is 0.333. The quantitative estimate of drug-likeness (QED) is 0.338. The number of amides is 1. The minimum absolute atomic E-state index is 0.0598. The normalized spacial score (nSPS) is 16.3. The van der Waals surface area contributed by atoms with Gasteiger partial charge in [0, 0.05) is 17.8 Å².